The molecule has 0 unspecified atom stereocenters. The lowest BCUT2D eigenvalue weighted by Gasteiger charge is -2.13. The minimum absolute atomic E-state index is 0.0997. The van der Waals surface area contributed by atoms with Crippen molar-refractivity contribution in [2.24, 2.45) is 0 Å². The van der Waals surface area contributed by atoms with Crippen LogP contribution in [0.15, 0.2) is 41.6 Å². The second-order valence-electron chi connectivity index (χ2n) is 4.68. The van der Waals surface area contributed by atoms with Crippen molar-refractivity contribution in [2.45, 2.75) is 17.7 Å². The van der Waals surface area contributed by atoms with Gasteiger partial charge in [0.25, 0.3) is 0 Å². The lowest BCUT2D eigenvalue weighted by molar-refractivity contribution is 0.477. The van der Waals surface area contributed by atoms with Crippen LogP contribution >= 0.6 is 0 Å². The first kappa shape index (κ1) is 13.3. The molecular formula is C13H14FN3O2S. The van der Waals surface area contributed by atoms with Gasteiger partial charge < -0.3 is 0 Å². The van der Waals surface area contributed by atoms with Crippen LogP contribution in [0.5, 0.6) is 0 Å². The maximum atomic E-state index is 13.7. The second-order valence-corrected chi connectivity index (χ2v) is 6.62. The number of benzene rings is 1. The van der Waals surface area contributed by atoms with Crippen LogP contribution < -0.4 is 0 Å². The molecule has 0 N–H and O–H groups in total. The monoisotopic (exact) mass is 295 g/mol. The van der Waals surface area contributed by atoms with E-state index in [2.05, 4.69) is 5.10 Å². The van der Waals surface area contributed by atoms with Gasteiger partial charge in [0, 0.05) is 13.1 Å². The van der Waals surface area contributed by atoms with E-state index in [1.165, 1.54) is 27.4 Å². The Labute approximate surface area is 116 Å². The molecule has 2 heterocycles. The normalized spacial score (nSPS) is 16.6. The number of hydrogen-bond acceptors (Lipinski definition) is 3. The fourth-order valence-corrected chi connectivity index (χ4v) is 3.74. The average Bonchev–Trinajstić information content (AvgIpc) is 3.11. The van der Waals surface area contributed by atoms with Crippen LogP contribution in [0, 0.1) is 5.82 Å². The number of hydrogen-bond donors (Lipinski definition) is 0. The van der Waals surface area contributed by atoms with Crippen LogP contribution in [-0.4, -0.2) is 35.6 Å². The summed E-state index contributed by atoms with van der Waals surface area (Å²) in [7, 11) is -3.51. The van der Waals surface area contributed by atoms with Crippen LogP contribution in [0.2, 0.25) is 0 Å². The Hall–Kier alpha value is -1.73. The lowest BCUT2D eigenvalue weighted by Crippen LogP contribution is -2.27. The molecule has 1 aliphatic heterocycles. The summed E-state index contributed by atoms with van der Waals surface area (Å²) < 4.78 is 41.0. The van der Waals surface area contributed by atoms with Gasteiger partial charge in [-0.15, -0.1) is 0 Å². The van der Waals surface area contributed by atoms with Crippen molar-refractivity contribution in [1.82, 2.24) is 14.1 Å². The summed E-state index contributed by atoms with van der Waals surface area (Å²) in [5, 5.41) is 3.96. The largest absolute Gasteiger partial charge is 0.246 e. The molecule has 20 heavy (non-hydrogen) atoms. The van der Waals surface area contributed by atoms with Crippen molar-refractivity contribution in [3.05, 3.63) is 42.5 Å². The molecule has 0 saturated carbocycles. The molecular weight excluding hydrogens is 281 g/mol. The van der Waals surface area contributed by atoms with Gasteiger partial charge in [-0.2, -0.15) is 9.40 Å². The zero-order valence-electron chi connectivity index (χ0n) is 10.7. The number of rotatable bonds is 3. The van der Waals surface area contributed by atoms with Crippen LogP contribution in [0.1, 0.15) is 12.8 Å². The van der Waals surface area contributed by atoms with Gasteiger partial charge in [-0.05, 0) is 25.0 Å². The highest BCUT2D eigenvalue weighted by molar-refractivity contribution is 7.89. The van der Waals surface area contributed by atoms with Crippen molar-refractivity contribution < 1.29 is 12.8 Å². The zero-order valence-corrected chi connectivity index (χ0v) is 11.6. The third kappa shape index (κ3) is 2.23. The van der Waals surface area contributed by atoms with Gasteiger partial charge in [-0.1, -0.05) is 12.1 Å². The third-order valence-electron chi connectivity index (χ3n) is 3.36. The van der Waals surface area contributed by atoms with Gasteiger partial charge >= 0.3 is 0 Å². The molecule has 0 atom stereocenters. The maximum absolute atomic E-state index is 13.7. The molecule has 0 aliphatic carbocycles. The fourth-order valence-electron chi connectivity index (χ4n) is 2.29. The summed E-state index contributed by atoms with van der Waals surface area (Å²) in [5.74, 6) is -0.444. The molecule has 7 heteroatoms. The summed E-state index contributed by atoms with van der Waals surface area (Å²) in [6, 6.07) is 6.11. The standard InChI is InChI=1S/C13H14FN3O2S/c14-12-5-1-2-6-13(12)17-10-11(9-15-17)20(18,19)16-7-3-4-8-16/h1-2,5-6,9-10H,3-4,7-8H2. The molecule has 1 aromatic carbocycles. The van der Waals surface area contributed by atoms with E-state index in [0.29, 0.717) is 13.1 Å². The summed E-state index contributed by atoms with van der Waals surface area (Å²) >= 11 is 0. The van der Waals surface area contributed by atoms with Gasteiger partial charge in [-0.3, -0.25) is 0 Å². The van der Waals surface area contributed by atoms with Crippen molar-refractivity contribution in [2.75, 3.05) is 13.1 Å². The Balaban J connectivity index is 1.96. The summed E-state index contributed by atoms with van der Waals surface area (Å²) in [4.78, 5) is 0.0997. The molecule has 1 aromatic heterocycles. The van der Waals surface area contributed by atoms with Crippen molar-refractivity contribution in [1.29, 1.82) is 0 Å². The smallest absolute Gasteiger partial charge is 0.237 e. The Morgan fingerprint density at radius 2 is 1.85 bits per heavy atom. The summed E-state index contributed by atoms with van der Waals surface area (Å²) in [6.07, 6.45) is 4.37. The fraction of sp³-hybridized carbons (Fsp3) is 0.308. The number of sulfonamides is 1. The Morgan fingerprint density at radius 3 is 2.55 bits per heavy atom. The van der Waals surface area contributed by atoms with E-state index < -0.39 is 15.8 Å². The molecule has 1 fully saturated rings. The molecule has 0 radical (unpaired) electrons. The predicted molar refractivity (Wildman–Crippen MR) is 71.5 cm³/mol. The van der Waals surface area contributed by atoms with Crippen molar-refractivity contribution >= 4 is 10.0 Å². The highest BCUT2D eigenvalue weighted by Crippen LogP contribution is 2.21. The minimum Gasteiger partial charge on any atom is -0.237 e. The SMILES string of the molecule is O=S(=O)(c1cnn(-c2ccccc2F)c1)N1CCCC1. The number of para-hydroxylation sites is 1. The van der Waals surface area contributed by atoms with E-state index in [-0.39, 0.29) is 10.6 Å². The topological polar surface area (TPSA) is 55.2 Å². The Morgan fingerprint density at radius 1 is 1.15 bits per heavy atom. The van der Waals surface area contributed by atoms with Gasteiger partial charge in [0.2, 0.25) is 10.0 Å². The van der Waals surface area contributed by atoms with Gasteiger partial charge in [0.15, 0.2) is 0 Å². The second kappa shape index (κ2) is 4.99. The van der Waals surface area contributed by atoms with Gasteiger partial charge in [-0.25, -0.2) is 17.5 Å². The van der Waals surface area contributed by atoms with Gasteiger partial charge in [0.05, 0.1) is 12.4 Å². The third-order valence-corrected chi connectivity index (χ3v) is 5.21. The van der Waals surface area contributed by atoms with Gasteiger partial charge in [0.1, 0.15) is 16.4 Å². The first-order valence-corrected chi connectivity index (χ1v) is 7.83. The molecule has 1 aliphatic rings. The lowest BCUT2D eigenvalue weighted by atomic mass is 10.3. The molecule has 2 aromatic rings. The zero-order chi connectivity index (χ0) is 14.2. The van der Waals surface area contributed by atoms with E-state index in [9.17, 15) is 12.8 Å². The molecule has 5 nitrogen and oxygen atoms in total. The number of aromatic nitrogens is 2. The molecule has 0 bridgehead atoms. The Kier molecular flexibility index (Phi) is 3.31. The molecule has 0 amide bonds. The Bertz CT molecular complexity index is 721. The first-order valence-electron chi connectivity index (χ1n) is 6.39. The number of halogens is 1. The number of nitrogens with zero attached hydrogens (tertiary/aromatic N) is 3. The molecule has 3 rings (SSSR count). The van der Waals surface area contributed by atoms with E-state index in [4.69, 9.17) is 0 Å². The minimum atomic E-state index is -3.51. The molecule has 1 saturated heterocycles. The van der Waals surface area contributed by atoms with E-state index in [1.807, 2.05) is 0 Å². The predicted octanol–water partition coefficient (Wildman–Crippen LogP) is 1.80. The van der Waals surface area contributed by atoms with Crippen molar-refractivity contribution in [3.63, 3.8) is 0 Å². The summed E-state index contributed by atoms with van der Waals surface area (Å²) in [6.45, 7) is 1.07. The van der Waals surface area contributed by atoms with Crippen LogP contribution in [-0.2, 0) is 10.0 Å². The van der Waals surface area contributed by atoms with Crippen LogP contribution in [0.25, 0.3) is 5.69 Å². The quantitative estimate of drug-likeness (QED) is 0.867. The van der Waals surface area contributed by atoms with E-state index in [0.717, 1.165) is 12.8 Å². The first-order chi connectivity index (χ1) is 9.59. The highest BCUT2D eigenvalue weighted by atomic mass is 32.2. The molecule has 0 spiro atoms. The summed E-state index contributed by atoms with van der Waals surface area (Å²) in [5.41, 5.74) is 0.232. The van der Waals surface area contributed by atoms with Crippen molar-refractivity contribution in [3.8, 4) is 5.69 Å². The van der Waals surface area contributed by atoms with Crippen LogP contribution in [0.3, 0.4) is 0 Å². The van der Waals surface area contributed by atoms with E-state index >= 15 is 0 Å². The highest BCUT2D eigenvalue weighted by Gasteiger charge is 2.28. The average molecular weight is 295 g/mol. The molecule has 106 valence electrons. The van der Waals surface area contributed by atoms with E-state index in [1.54, 1.807) is 18.2 Å². The maximum Gasteiger partial charge on any atom is 0.246 e. The van der Waals surface area contributed by atoms with Crippen LogP contribution in [0.4, 0.5) is 4.39 Å².